The summed E-state index contributed by atoms with van der Waals surface area (Å²) in [7, 11) is 0. The van der Waals surface area contributed by atoms with E-state index in [4.69, 9.17) is 9.15 Å². The number of benzene rings is 8. The molecule has 0 aliphatic carbocycles. The van der Waals surface area contributed by atoms with Crippen molar-refractivity contribution in [3.05, 3.63) is 188 Å². The largest absolute Gasteiger partial charge is 0.458 e. The fourth-order valence-electron chi connectivity index (χ4n) is 8.57. The summed E-state index contributed by atoms with van der Waals surface area (Å²) in [6.45, 7) is 2.09. The average Bonchev–Trinajstić information content (AvgIpc) is 3.62. The van der Waals surface area contributed by atoms with Crippen LogP contribution in [0, 0.1) is 6.92 Å². The van der Waals surface area contributed by atoms with Gasteiger partial charge in [0.15, 0.2) is 5.58 Å². The molecule has 1 aromatic heterocycles. The topological polar surface area (TPSA) is 28.9 Å². The fourth-order valence-corrected chi connectivity index (χ4v) is 8.57. The van der Waals surface area contributed by atoms with Crippen molar-refractivity contribution in [1.82, 2.24) is 0 Å². The lowest BCUT2D eigenvalue weighted by molar-refractivity contribution is 0.487. The van der Waals surface area contributed by atoms with E-state index in [-0.39, 0.29) is 6.71 Å². The van der Waals surface area contributed by atoms with Crippen molar-refractivity contribution in [2.75, 3.05) is 9.80 Å². The van der Waals surface area contributed by atoms with Crippen molar-refractivity contribution in [1.29, 1.82) is 0 Å². The first kappa shape index (κ1) is 30.6. The molecule has 11 rings (SSSR count). The smallest absolute Gasteiger partial charge is 0.256 e. The molecule has 3 heterocycles. The Morgan fingerprint density at radius 1 is 0.556 bits per heavy atom. The summed E-state index contributed by atoms with van der Waals surface area (Å²) in [4.78, 5) is 4.71. The predicted molar refractivity (Wildman–Crippen MR) is 224 cm³/mol. The second-order valence-corrected chi connectivity index (χ2v) is 14.1. The van der Waals surface area contributed by atoms with Gasteiger partial charge in [0.1, 0.15) is 17.1 Å². The molecular weight excluding hydrogens is 659 g/mol. The summed E-state index contributed by atoms with van der Waals surface area (Å²) in [6.07, 6.45) is 0. The van der Waals surface area contributed by atoms with E-state index in [0.29, 0.717) is 0 Å². The van der Waals surface area contributed by atoms with Gasteiger partial charge in [-0.05, 0) is 89.5 Å². The molecule has 0 fully saturated rings. The first-order chi connectivity index (χ1) is 26.7. The van der Waals surface area contributed by atoms with Gasteiger partial charge >= 0.3 is 0 Å². The molecule has 2 aliphatic heterocycles. The minimum Gasteiger partial charge on any atom is -0.458 e. The Balaban J connectivity index is 1.13. The Kier molecular flexibility index (Phi) is 6.83. The third-order valence-electron chi connectivity index (χ3n) is 11.0. The minimum absolute atomic E-state index is 0.0285. The third-order valence-corrected chi connectivity index (χ3v) is 11.0. The maximum atomic E-state index is 7.05. The molecule has 0 bridgehead atoms. The van der Waals surface area contributed by atoms with Crippen LogP contribution < -0.4 is 30.9 Å². The lowest BCUT2D eigenvalue weighted by atomic mass is 9.34. The quantitative estimate of drug-likeness (QED) is 0.168. The zero-order valence-corrected chi connectivity index (χ0v) is 29.6. The standard InChI is InChI=1S/C49H33BN2O2/c1-32-23-25-35(26-24-32)51(43-21-12-18-39-38-17-8-11-22-44(38)54-49(39)43)36-27-29-41-46(31-36)53-45-30-28-37(33-13-4-2-5-14-33)48-47(45)50(41)40-19-9-10-20-42(40)52(48)34-15-6-3-7-16-34/h2-31H,1H3. The highest BCUT2D eigenvalue weighted by atomic mass is 16.5. The maximum absolute atomic E-state index is 7.05. The van der Waals surface area contributed by atoms with Crippen LogP contribution in [0.3, 0.4) is 0 Å². The Labute approximate surface area is 314 Å². The van der Waals surface area contributed by atoms with Gasteiger partial charge in [0.25, 0.3) is 6.71 Å². The molecule has 9 aromatic rings. The molecule has 54 heavy (non-hydrogen) atoms. The van der Waals surface area contributed by atoms with Crippen LogP contribution in [-0.4, -0.2) is 6.71 Å². The van der Waals surface area contributed by atoms with Gasteiger partial charge < -0.3 is 19.0 Å². The molecule has 0 N–H and O–H groups in total. The van der Waals surface area contributed by atoms with E-state index in [0.717, 1.165) is 67.3 Å². The molecule has 0 saturated carbocycles. The van der Waals surface area contributed by atoms with Crippen molar-refractivity contribution >= 4 is 79.2 Å². The highest BCUT2D eigenvalue weighted by Crippen LogP contribution is 2.47. The van der Waals surface area contributed by atoms with E-state index in [1.165, 1.54) is 33.3 Å². The number of fused-ring (bicyclic) bond motifs is 7. The maximum Gasteiger partial charge on any atom is 0.256 e. The van der Waals surface area contributed by atoms with Crippen LogP contribution in [-0.2, 0) is 0 Å². The molecule has 0 spiro atoms. The zero-order chi connectivity index (χ0) is 35.8. The van der Waals surface area contributed by atoms with Gasteiger partial charge in [0.2, 0.25) is 0 Å². The van der Waals surface area contributed by atoms with Crippen LogP contribution >= 0.6 is 0 Å². The van der Waals surface area contributed by atoms with Crippen LogP contribution in [0.5, 0.6) is 11.5 Å². The van der Waals surface area contributed by atoms with Gasteiger partial charge in [-0.1, -0.05) is 121 Å². The number of ether oxygens (including phenoxy) is 1. The Bertz CT molecular complexity index is 2880. The SMILES string of the molecule is Cc1ccc(N(c2ccc3c(c2)Oc2ccc(-c4ccccc4)c4c2B3c2ccccc2N4c2ccccc2)c2cccc3c2oc2ccccc23)cc1. The summed E-state index contributed by atoms with van der Waals surface area (Å²) < 4.78 is 13.7. The van der Waals surface area contributed by atoms with E-state index in [9.17, 15) is 0 Å². The van der Waals surface area contributed by atoms with Gasteiger partial charge in [-0.3, -0.25) is 0 Å². The van der Waals surface area contributed by atoms with Gasteiger partial charge in [0, 0.05) is 45.2 Å². The predicted octanol–water partition coefficient (Wildman–Crippen LogP) is 11.4. The molecule has 0 amide bonds. The van der Waals surface area contributed by atoms with Gasteiger partial charge in [-0.15, -0.1) is 0 Å². The highest BCUT2D eigenvalue weighted by Gasteiger charge is 2.43. The molecule has 0 atom stereocenters. The molecule has 0 saturated heterocycles. The average molecular weight is 693 g/mol. The number of furan rings is 1. The lowest BCUT2D eigenvalue weighted by Gasteiger charge is -2.41. The summed E-state index contributed by atoms with van der Waals surface area (Å²) in [5.41, 5.74) is 15.3. The molecular formula is C49H33BN2O2. The zero-order valence-electron chi connectivity index (χ0n) is 29.6. The van der Waals surface area contributed by atoms with Crippen molar-refractivity contribution in [3.63, 3.8) is 0 Å². The molecule has 0 radical (unpaired) electrons. The molecule has 254 valence electrons. The number of hydrogen-bond donors (Lipinski definition) is 0. The van der Waals surface area contributed by atoms with Crippen molar-refractivity contribution in [2.45, 2.75) is 6.92 Å². The number of para-hydroxylation sites is 4. The summed E-state index contributed by atoms with van der Waals surface area (Å²) in [5.74, 6) is 1.72. The summed E-state index contributed by atoms with van der Waals surface area (Å²) in [5, 5.41) is 2.20. The van der Waals surface area contributed by atoms with Crippen LogP contribution in [0.2, 0.25) is 0 Å². The van der Waals surface area contributed by atoms with Crippen LogP contribution in [0.1, 0.15) is 5.56 Å². The van der Waals surface area contributed by atoms with Gasteiger partial charge in [-0.2, -0.15) is 0 Å². The van der Waals surface area contributed by atoms with E-state index in [2.05, 4.69) is 187 Å². The minimum atomic E-state index is -0.0285. The first-order valence-corrected chi connectivity index (χ1v) is 18.5. The van der Waals surface area contributed by atoms with Crippen LogP contribution in [0.15, 0.2) is 186 Å². The molecule has 0 unspecified atom stereocenters. The van der Waals surface area contributed by atoms with Crippen molar-refractivity contribution < 1.29 is 9.15 Å². The summed E-state index contributed by atoms with van der Waals surface area (Å²) >= 11 is 0. The fraction of sp³-hybridized carbons (Fsp3) is 0.0204. The lowest BCUT2D eigenvalue weighted by Crippen LogP contribution is -2.59. The second kappa shape index (κ2) is 12.0. The number of anilines is 6. The molecule has 5 heteroatoms. The Morgan fingerprint density at radius 3 is 2.13 bits per heavy atom. The van der Waals surface area contributed by atoms with Crippen molar-refractivity contribution in [3.8, 4) is 22.6 Å². The van der Waals surface area contributed by atoms with Gasteiger partial charge in [-0.25, -0.2) is 0 Å². The van der Waals surface area contributed by atoms with Crippen molar-refractivity contribution in [2.24, 2.45) is 0 Å². The van der Waals surface area contributed by atoms with E-state index >= 15 is 0 Å². The Morgan fingerprint density at radius 2 is 1.28 bits per heavy atom. The normalized spacial score (nSPS) is 12.6. The Hall–Kier alpha value is -6.98. The van der Waals surface area contributed by atoms with E-state index in [1.54, 1.807) is 0 Å². The number of nitrogens with zero attached hydrogens (tertiary/aromatic N) is 2. The van der Waals surface area contributed by atoms with E-state index in [1.807, 2.05) is 12.1 Å². The molecule has 8 aromatic carbocycles. The third kappa shape index (κ3) is 4.65. The van der Waals surface area contributed by atoms with E-state index < -0.39 is 0 Å². The molecule has 4 nitrogen and oxygen atoms in total. The number of hydrogen-bond acceptors (Lipinski definition) is 4. The van der Waals surface area contributed by atoms with Crippen LogP contribution in [0.25, 0.3) is 33.1 Å². The number of rotatable bonds is 5. The number of aryl methyl sites for hydroxylation is 1. The highest BCUT2D eigenvalue weighted by molar-refractivity contribution is 6.99. The van der Waals surface area contributed by atoms with Gasteiger partial charge in [0.05, 0.1) is 11.4 Å². The first-order valence-electron chi connectivity index (χ1n) is 18.5. The second-order valence-electron chi connectivity index (χ2n) is 14.1. The monoisotopic (exact) mass is 692 g/mol. The summed E-state index contributed by atoms with van der Waals surface area (Å²) in [6, 6.07) is 64.7. The molecule has 2 aliphatic rings. The van der Waals surface area contributed by atoms with Crippen LogP contribution in [0.4, 0.5) is 34.1 Å².